The number of hydrogen-bond donors (Lipinski definition) is 0. The maximum atomic E-state index is 5.08. The summed E-state index contributed by atoms with van der Waals surface area (Å²) < 4.78 is 0. The first-order chi connectivity index (χ1) is 9.56. The number of aliphatic imine (C=N–C) groups is 1. The summed E-state index contributed by atoms with van der Waals surface area (Å²) in [6.07, 6.45) is 1.51. The van der Waals surface area contributed by atoms with Crippen LogP contribution in [0.1, 0.15) is 25.8 Å². The van der Waals surface area contributed by atoms with E-state index in [4.69, 9.17) is 4.99 Å². The Labute approximate surface area is 122 Å². The summed E-state index contributed by atoms with van der Waals surface area (Å²) >= 11 is 0. The van der Waals surface area contributed by atoms with E-state index < -0.39 is 0 Å². The predicted molar refractivity (Wildman–Crippen MR) is 84.2 cm³/mol. The van der Waals surface area contributed by atoms with Gasteiger partial charge in [-0.25, -0.2) is 0 Å². The highest BCUT2D eigenvalue weighted by atomic mass is 15.3. The first-order valence-corrected chi connectivity index (χ1v) is 7.62. The molecule has 0 N–H and O–H groups in total. The Kier molecular flexibility index (Phi) is 3.65. The van der Waals surface area contributed by atoms with Gasteiger partial charge >= 0.3 is 0 Å². The second kappa shape index (κ2) is 5.30. The van der Waals surface area contributed by atoms with Crippen LogP contribution in [0.15, 0.2) is 35.3 Å². The molecule has 1 unspecified atom stereocenters. The van der Waals surface area contributed by atoms with Crippen LogP contribution >= 0.6 is 0 Å². The van der Waals surface area contributed by atoms with Crippen LogP contribution in [0.25, 0.3) is 0 Å². The Morgan fingerprint density at radius 2 is 1.70 bits per heavy atom. The molecule has 1 fully saturated rings. The van der Waals surface area contributed by atoms with E-state index in [-0.39, 0.29) is 5.41 Å². The molecule has 0 saturated carbocycles. The molecular formula is C17H25N3. The second-order valence-corrected chi connectivity index (χ2v) is 6.75. The quantitative estimate of drug-likeness (QED) is 0.823. The number of rotatable bonds is 2. The molecule has 108 valence electrons. The van der Waals surface area contributed by atoms with Crippen LogP contribution in [0.3, 0.4) is 0 Å². The number of hydrogen-bond acceptors (Lipinski definition) is 3. The molecule has 0 spiro atoms. The molecule has 2 aliphatic heterocycles. The summed E-state index contributed by atoms with van der Waals surface area (Å²) in [4.78, 5) is 10.0. The van der Waals surface area contributed by atoms with Crippen LogP contribution in [0, 0.1) is 5.41 Å². The molecule has 0 bridgehead atoms. The zero-order chi connectivity index (χ0) is 14.2. The van der Waals surface area contributed by atoms with Crippen LogP contribution in [-0.4, -0.2) is 54.9 Å². The van der Waals surface area contributed by atoms with E-state index in [1.54, 1.807) is 0 Å². The normalized spacial score (nSPS) is 27.6. The average molecular weight is 271 g/mol. The van der Waals surface area contributed by atoms with Crippen molar-refractivity contribution in [2.45, 2.75) is 26.4 Å². The summed E-state index contributed by atoms with van der Waals surface area (Å²) in [6, 6.07) is 10.7. The van der Waals surface area contributed by atoms with Crippen molar-refractivity contribution < 1.29 is 0 Å². The first-order valence-electron chi connectivity index (χ1n) is 7.62. The molecular weight excluding hydrogens is 246 g/mol. The van der Waals surface area contributed by atoms with Crippen molar-refractivity contribution in [3.63, 3.8) is 0 Å². The summed E-state index contributed by atoms with van der Waals surface area (Å²) in [7, 11) is 2.20. The molecule has 0 amide bonds. The molecule has 1 atom stereocenters. The number of likely N-dealkylation sites (N-methyl/N-ethyl adjacent to an activating group) is 1. The highest BCUT2D eigenvalue weighted by molar-refractivity contribution is 6.05. The van der Waals surface area contributed by atoms with Crippen LogP contribution in [0.2, 0.25) is 0 Å². The summed E-state index contributed by atoms with van der Waals surface area (Å²) in [5, 5.41) is 0. The van der Waals surface area contributed by atoms with Gasteiger partial charge in [0.25, 0.3) is 0 Å². The molecule has 0 aliphatic carbocycles. The lowest BCUT2D eigenvalue weighted by Crippen LogP contribution is -2.48. The second-order valence-electron chi connectivity index (χ2n) is 6.75. The van der Waals surface area contributed by atoms with Gasteiger partial charge in [0, 0.05) is 37.3 Å². The van der Waals surface area contributed by atoms with Crippen molar-refractivity contribution in [2.75, 3.05) is 33.2 Å². The van der Waals surface area contributed by atoms with Crippen LogP contribution < -0.4 is 0 Å². The van der Waals surface area contributed by atoms with E-state index in [1.807, 2.05) is 0 Å². The van der Waals surface area contributed by atoms with Crippen LogP contribution in [0.5, 0.6) is 0 Å². The standard InChI is InChI=1S/C17H25N3/c1-17(2)13-15(20-11-9-19(3)10-12-20)18-16(17)14-7-5-4-6-8-14/h4-8,15H,9-13H2,1-3H3. The third-order valence-electron chi connectivity index (χ3n) is 4.62. The van der Waals surface area contributed by atoms with E-state index >= 15 is 0 Å². The highest BCUT2D eigenvalue weighted by Gasteiger charge is 2.38. The van der Waals surface area contributed by atoms with Gasteiger partial charge in [0.2, 0.25) is 0 Å². The lowest BCUT2D eigenvalue weighted by atomic mass is 9.82. The Balaban J connectivity index is 1.81. The van der Waals surface area contributed by atoms with E-state index in [0.29, 0.717) is 6.17 Å². The SMILES string of the molecule is CN1CCN(C2CC(C)(C)C(c3ccccc3)=N2)CC1. The smallest absolute Gasteiger partial charge is 0.103 e. The number of nitrogens with zero attached hydrogens (tertiary/aromatic N) is 3. The Morgan fingerprint density at radius 3 is 2.35 bits per heavy atom. The van der Waals surface area contributed by atoms with E-state index in [2.05, 4.69) is 61.0 Å². The maximum Gasteiger partial charge on any atom is 0.103 e. The van der Waals surface area contributed by atoms with Crippen molar-refractivity contribution in [1.82, 2.24) is 9.80 Å². The van der Waals surface area contributed by atoms with Crippen molar-refractivity contribution in [3.05, 3.63) is 35.9 Å². The lowest BCUT2D eigenvalue weighted by molar-refractivity contribution is 0.107. The molecule has 3 heteroatoms. The van der Waals surface area contributed by atoms with Crippen molar-refractivity contribution in [3.8, 4) is 0 Å². The first kappa shape index (κ1) is 13.8. The van der Waals surface area contributed by atoms with Gasteiger partial charge in [0.15, 0.2) is 0 Å². The number of benzene rings is 1. The van der Waals surface area contributed by atoms with Crippen molar-refractivity contribution >= 4 is 5.71 Å². The molecule has 0 radical (unpaired) electrons. The average Bonchev–Trinajstić information content (AvgIpc) is 2.76. The molecule has 20 heavy (non-hydrogen) atoms. The minimum Gasteiger partial charge on any atom is -0.304 e. The molecule has 3 nitrogen and oxygen atoms in total. The number of piperazine rings is 1. The molecule has 1 saturated heterocycles. The van der Waals surface area contributed by atoms with Crippen molar-refractivity contribution in [2.24, 2.45) is 10.4 Å². The van der Waals surface area contributed by atoms with Gasteiger partial charge in [0.05, 0.1) is 0 Å². The summed E-state index contributed by atoms with van der Waals surface area (Å²) in [5.74, 6) is 0. The summed E-state index contributed by atoms with van der Waals surface area (Å²) in [5.41, 5.74) is 2.74. The fraction of sp³-hybridized carbons (Fsp3) is 0.588. The van der Waals surface area contributed by atoms with Crippen LogP contribution in [0.4, 0.5) is 0 Å². The van der Waals surface area contributed by atoms with Crippen LogP contribution in [-0.2, 0) is 0 Å². The fourth-order valence-corrected chi connectivity index (χ4v) is 3.31. The largest absolute Gasteiger partial charge is 0.304 e. The van der Waals surface area contributed by atoms with Gasteiger partial charge in [-0.2, -0.15) is 0 Å². The van der Waals surface area contributed by atoms with Gasteiger partial charge in [-0.1, -0.05) is 44.2 Å². The lowest BCUT2D eigenvalue weighted by Gasteiger charge is -2.35. The highest BCUT2D eigenvalue weighted by Crippen LogP contribution is 2.36. The van der Waals surface area contributed by atoms with Gasteiger partial charge in [-0.05, 0) is 19.0 Å². The minimum absolute atomic E-state index is 0.176. The zero-order valence-electron chi connectivity index (χ0n) is 12.8. The molecule has 2 aliphatic rings. The zero-order valence-corrected chi connectivity index (χ0v) is 12.8. The monoisotopic (exact) mass is 271 g/mol. The van der Waals surface area contributed by atoms with E-state index in [1.165, 1.54) is 11.3 Å². The van der Waals surface area contributed by atoms with Gasteiger partial charge in [-0.15, -0.1) is 0 Å². The van der Waals surface area contributed by atoms with E-state index in [0.717, 1.165) is 32.6 Å². The maximum absolute atomic E-state index is 5.08. The molecule has 1 aromatic rings. The fourth-order valence-electron chi connectivity index (χ4n) is 3.31. The van der Waals surface area contributed by atoms with Gasteiger partial charge < -0.3 is 4.90 Å². The molecule has 2 heterocycles. The predicted octanol–water partition coefficient (Wildman–Crippen LogP) is 2.48. The van der Waals surface area contributed by atoms with Gasteiger partial charge in [-0.3, -0.25) is 9.89 Å². The third-order valence-corrected chi connectivity index (χ3v) is 4.62. The van der Waals surface area contributed by atoms with E-state index in [9.17, 15) is 0 Å². The topological polar surface area (TPSA) is 18.8 Å². The Morgan fingerprint density at radius 1 is 1.05 bits per heavy atom. The summed E-state index contributed by atoms with van der Waals surface area (Å²) in [6.45, 7) is 9.26. The van der Waals surface area contributed by atoms with Gasteiger partial charge in [0.1, 0.15) is 6.17 Å². The Hall–Kier alpha value is -1.19. The van der Waals surface area contributed by atoms with Crippen molar-refractivity contribution in [1.29, 1.82) is 0 Å². The Bertz CT molecular complexity index is 484. The minimum atomic E-state index is 0.176. The molecule has 1 aromatic carbocycles. The molecule has 0 aromatic heterocycles. The third kappa shape index (κ3) is 2.65. The molecule has 3 rings (SSSR count).